The number of pyridine rings is 1. The Balaban J connectivity index is 2.21. The molecule has 92 valence electrons. The lowest BCUT2D eigenvalue weighted by atomic mass is 10.1. The summed E-state index contributed by atoms with van der Waals surface area (Å²) in [5, 5.41) is 0. The van der Waals surface area contributed by atoms with E-state index in [4.69, 9.17) is 5.73 Å². The summed E-state index contributed by atoms with van der Waals surface area (Å²) in [4.78, 5) is 17.9. The summed E-state index contributed by atoms with van der Waals surface area (Å²) >= 11 is 0. The van der Waals surface area contributed by atoms with Gasteiger partial charge in [0.2, 0.25) is 0 Å². The van der Waals surface area contributed by atoms with Crippen LogP contribution in [-0.2, 0) is 0 Å². The van der Waals surface area contributed by atoms with Gasteiger partial charge in [0.15, 0.2) is 0 Å². The first kappa shape index (κ1) is 11.9. The molecule has 0 aromatic carbocycles. The number of hydrogen-bond acceptors (Lipinski definition) is 3. The predicted octanol–water partition coefficient (Wildman–Crippen LogP) is 1.95. The quantitative estimate of drug-likeness (QED) is 0.849. The number of carbonyl (C=O) groups is 1. The molecule has 1 aromatic heterocycles. The van der Waals surface area contributed by atoms with E-state index in [-0.39, 0.29) is 0 Å². The molecule has 2 N–H and O–H groups in total. The minimum absolute atomic E-state index is 0.393. The van der Waals surface area contributed by atoms with Crippen LogP contribution in [0, 0.1) is 0 Å². The summed E-state index contributed by atoms with van der Waals surface area (Å²) in [6.45, 7) is 1.94. The maximum absolute atomic E-state index is 11.4. The Kier molecular flexibility index (Phi) is 3.96. The molecule has 0 spiro atoms. The number of aromatic nitrogens is 1. The van der Waals surface area contributed by atoms with Gasteiger partial charge in [-0.1, -0.05) is 19.3 Å². The number of hydrogen-bond donors (Lipinski definition) is 1. The standard InChI is InChI=1S/C13H19N3O/c14-12(17)11-7-6-8-15-13(11)16-9-4-2-1-3-5-10-16/h6-8H,1-5,9-10H2,(H2,14,17). The highest BCUT2D eigenvalue weighted by Crippen LogP contribution is 2.20. The lowest BCUT2D eigenvalue weighted by molar-refractivity contribution is 0.100. The molecule has 2 heterocycles. The summed E-state index contributed by atoms with van der Waals surface area (Å²) in [6, 6.07) is 3.51. The maximum atomic E-state index is 11.4. The molecule has 0 aliphatic carbocycles. The monoisotopic (exact) mass is 233 g/mol. The van der Waals surface area contributed by atoms with E-state index in [1.54, 1.807) is 18.3 Å². The third kappa shape index (κ3) is 2.96. The van der Waals surface area contributed by atoms with Gasteiger partial charge in [0.1, 0.15) is 5.82 Å². The Morgan fingerprint density at radius 1 is 1.18 bits per heavy atom. The second-order valence-electron chi connectivity index (χ2n) is 4.49. The SMILES string of the molecule is NC(=O)c1cccnc1N1CCCCCCC1. The molecular formula is C13H19N3O. The molecule has 0 unspecified atom stereocenters. The van der Waals surface area contributed by atoms with Crippen LogP contribution >= 0.6 is 0 Å². The Morgan fingerprint density at radius 2 is 1.82 bits per heavy atom. The molecule has 0 radical (unpaired) electrons. The summed E-state index contributed by atoms with van der Waals surface area (Å²) in [5.74, 6) is 0.358. The number of rotatable bonds is 2. The first-order chi connectivity index (χ1) is 8.29. The zero-order chi connectivity index (χ0) is 12.1. The number of primary amides is 1. The van der Waals surface area contributed by atoms with Crippen molar-refractivity contribution >= 4 is 11.7 Å². The molecule has 0 bridgehead atoms. The van der Waals surface area contributed by atoms with Crippen LogP contribution in [0.15, 0.2) is 18.3 Å². The third-order valence-corrected chi connectivity index (χ3v) is 3.21. The highest BCUT2D eigenvalue weighted by Gasteiger charge is 2.16. The van der Waals surface area contributed by atoms with E-state index in [1.807, 2.05) is 0 Å². The largest absolute Gasteiger partial charge is 0.365 e. The van der Waals surface area contributed by atoms with Crippen molar-refractivity contribution in [1.82, 2.24) is 4.98 Å². The van der Waals surface area contributed by atoms with Crippen molar-refractivity contribution in [3.05, 3.63) is 23.9 Å². The van der Waals surface area contributed by atoms with Crippen LogP contribution < -0.4 is 10.6 Å². The van der Waals surface area contributed by atoms with Crippen molar-refractivity contribution in [2.45, 2.75) is 32.1 Å². The molecule has 1 amide bonds. The van der Waals surface area contributed by atoms with Gasteiger partial charge in [-0.2, -0.15) is 0 Å². The van der Waals surface area contributed by atoms with Crippen molar-refractivity contribution in [1.29, 1.82) is 0 Å². The molecule has 1 aliphatic rings. The molecule has 2 rings (SSSR count). The van der Waals surface area contributed by atoms with Crippen molar-refractivity contribution < 1.29 is 4.79 Å². The summed E-state index contributed by atoms with van der Waals surface area (Å²) in [6.07, 6.45) is 7.88. The van der Waals surface area contributed by atoms with Crippen molar-refractivity contribution in [2.75, 3.05) is 18.0 Å². The number of nitrogens with zero attached hydrogens (tertiary/aromatic N) is 2. The molecule has 0 saturated carbocycles. The minimum Gasteiger partial charge on any atom is -0.365 e. The lowest BCUT2D eigenvalue weighted by Crippen LogP contribution is -2.30. The average molecular weight is 233 g/mol. The zero-order valence-corrected chi connectivity index (χ0v) is 10.1. The fraction of sp³-hybridized carbons (Fsp3) is 0.538. The van der Waals surface area contributed by atoms with E-state index in [0.29, 0.717) is 5.56 Å². The molecule has 1 fully saturated rings. The van der Waals surface area contributed by atoms with Gasteiger partial charge in [0.25, 0.3) is 5.91 Å². The predicted molar refractivity (Wildman–Crippen MR) is 68.1 cm³/mol. The molecule has 17 heavy (non-hydrogen) atoms. The van der Waals surface area contributed by atoms with Crippen LogP contribution in [0.2, 0.25) is 0 Å². The van der Waals surface area contributed by atoms with Gasteiger partial charge < -0.3 is 10.6 Å². The average Bonchev–Trinajstić information content (AvgIpc) is 2.28. The molecule has 1 saturated heterocycles. The van der Waals surface area contributed by atoms with Crippen LogP contribution in [-0.4, -0.2) is 24.0 Å². The number of amides is 1. The van der Waals surface area contributed by atoms with Crippen molar-refractivity contribution in [2.24, 2.45) is 5.73 Å². The Morgan fingerprint density at radius 3 is 2.47 bits per heavy atom. The van der Waals surface area contributed by atoms with Gasteiger partial charge >= 0.3 is 0 Å². The number of anilines is 1. The lowest BCUT2D eigenvalue weighted by Gasteiger charge is -2.26. The second-order valence-corrected chi connectivity index (χ2v) is 4.49. The van der Waals surface area contributed by atoms with Gasteiger partial charge in [-0.05, 0) is 25.0 Å². The smallest absolute Gasteiger partial charge is 0.252 e. The Bertz CT molecular complexity index is 384. The van der Waals surface area contributed by atoms with E-state index in [0.717, 1.165) is 31.7 Å². The maximum Gasteiger partial charge on any atom is 0.252 e. The van der Waals surface area contributed by atoms with Gasteiger partial charge in [0.05, 0.1) is 5.56 Å². The minimum atomic E-state index is -0.393. The van der Waals surface area contributed by atoms with Crippen LogP contribution in [0.5, 0.6) is 0 Å². The molecule has 1 aliphatic heterocycles. The second kappa shape index (κ2) is 5.66. The van der Waals surface area contributed by atoms with Crippen LogP contribution in [0.3, 0.4) is 0 Å². The highest BCUT2D eigenvalue weighted by molar-refractivity contribution is 5.97. The fourth-order valence-electron chi connectivity index (χ4n) is 2.30. The van der Waals surface area contributed by atoms with Gasteiger partial charge in [-0.15, -0.1) is 0 Å². The third-order valence-electron chi connectivity index (χ3n) is 3.21. The molecule has 4 nitrogen and oxygen atoms in total. The highest BCUT2D eigenvalue weighted by atomic mass is 16.1. The van der Waals surface area contributed by atoms with Gasteiger partial charge in [-0.3, -0.25) is 4.79 Å². The van der Waals surface area contributed by atoms with Crippen molar-refractivity contribution in [3.8, 4) is 0 Å². The fourth-order valence-corrected chi connectivity index (χ4v) is 2.30. The zero-order valence-electron chi connectivity index (χ0n) is 10.1. The van der Waals surface area contributed by atoms with Crippen LogP contribution in [0.4, 0.5) is 5.82 Å². The number of carbonyl (C=O) groups excluding carboxylic acids is 1. The van der Waals surface area contributed by atoms with Crippen LogP contribution in [0.25, 0.3) is 0 Å². The molecular weight excluding hydrogens is 214 g/mol. The van der Waals surface area contributed by atoms with E-state index in [1.165, 1.54) is 19.3 Å². The van der Waals surface area contributed by atoms with Gasteiger partial charge in [-0.25, -0.2) is 4.98 Å². The van der Waals surface area contributed by atoms with E-state index in [9.17, 15) is 4.79 Å². The number of nitrogens with two attached hydrogens (primary N) is 1. The molecule has 0 atom stereocenters. The summed E-state index contributed by atoms with van der Waals surface area (Å²) in [7, 11) is 0. The van der Waals surface area contributed by atoms with Crippen molar-refractivity contribution in [3.63, 3.8) is 0 Å². The van der Waals surface area contributed by atoms with Gasteiger partial charge in [0, 0.05) is 19.3 Å². The first-order valence-corrected chi connectivity index (χ1v) is 6.29. The summed E-state index contributed by atoms with van der Waals surface area (Å²) < 4.78 is 0. The molecule has 4 heteroatoms. The van der Waals surface area contributed by atoms with E-state index >= 15 is 0 Å². The Labute approximate surface area is 102 Å². The normalized spacial score (nSPS) is 17.3. The summed E-state index contributed by atoms with van der Waals surface area (Å²) in [5.41, 5.74) is 5.92. The molecule has 1 aromatic rings. The topological polar surface area (TPSA) is 59.2 Å². The van der Waals surface area contributed by atoms with Crippen LogP contribution in [0.1, 0.15) is 42.5 Å². The van der Waals surface area contributed by atoms with E-state index < -0.39 is 5.91 Å². The first-order valence-electron chi connectivity index (χ1n) is 6.29. The Hall–Kier alpha value is -1.58. The van der Waals surface area contributed by atoms with E-state index in [2.05, 4.69) is 9.88 Å².